The second-order valence-corrected chi connectivity index (χ2v) is 5.86. The van der Waals surface area contributed by atoms with E-state index < -0.39 is 0 Å². The van der Waals surface area contributed by atoms with Crippen LogP contribution in [0, 0.1) is 0 Å². The van der Waals surface area contributed by atoms with Gasteiger partial charge in [0.2, 0.25) is 0 Å². The average molecular weight is 335 g/mol. The molecule has 0 saturated heterocycles. The maximum atomic E-state index is 12.3. The van der Waals surface area contributed by atoms with Crippen molar-refractivity contribution in [2.75, 3.05) is 33.9 Å². The number of hydrogen-bond donors (Lipinski definition) is 1. The van der Waals surface area contributed by atoms with Gasteiger partial charge in [0, 0.05) is 18.8 Å². The number of aromatic nitrogens is 1. The molecule has 0 atom stereocenters. The lowest BCUT2D eigenvalue weighted by Gasteiger charge is -2.16. The molecule has 0 radical (unpaired) electrons. The SMILES string of the molecule is COc1ccc(OCCN(C)C(=O)c2csc(CCN)n2)cc1. The number of carbonyl (C=O) groups is 1. The van der Waals surface area contributed by atoms with Gasteiger partial charge in [-0.1, -0.05) is 0 Å². The quantitative estimate of drug-likeness (QED) is 0.796. The number of rotatable bonds is 8. The van der Waals surface area contributed by atoms with Crippen molar-refractivity contribution in [2.24, 2.45) is 5.73 Å². The fourth-order valence-electron chi connectivity index (χ4n) is 1.92. The highest BCUT2D eigenvalue weighted by Crippen LogP contribution is 2.17. The summed E-state index contributed by atoms with van der Waals surface area (Å²) in [4.78, 5) is 18.2. The van der Waals surface area contributed by atoms with E-state index in [1.54, 1.807) is 24.4 Å². The van der Waals surface area contributed by atoms with Crippen molar-refractivity contribution in [1.82, 2.24) is 9.88 Å². The van der Waals surface area contributed by atoms with Gasteiger partial charge in [0.05, 0.1) is 18.7 Å². The molecule has 0 fully saturated rings. The molecule has 0 aliphatic carbocycles. The van der Waals surface area contributed by atoms with E-state index in [1.165, 1.54) is 11.3 Å². The maximum absolute atomic E-state index is 12.3. The molecule has 0 aliphatic heterocycles. The monoisotopic (exact) mass is 335 g/mol. The summed E-state index contributed by atoms with van der Waals surface area (Å²) < 4.78 is 10.7. The van der Waals surface area contributed by atoms with E-state index in [-0.39, 0.29) is 5.91 Å². The highest BCUT2D eigenvalue weighted by atomic mass is 32.1. The molecule has 0 aliphatic rings. The van der Waals surface area contributed by atoms with E-state index in [0.717, 1.165) is 16.5 Å². The summed E-state index contributed by atoms with van der Waals surface area (Å²) in [6.07, 6.45) is 0.697. The second kappa shape index (κ2) is 8.50. The van der Waals surface area contributed by atoms with E-state index in [9.17, 15) is 4.79 Å². The minimum Gasteiger partial charge on any atom is -0.497 e. The van der Waals surface area contributed by atoms with Crippen LogP contribution in [0.5, 0.6) is 11.5 Å². The number of methoxy groups -OCH3 is 1. The molecule has 0 unspecified atom stereocenters. The molecular weight excluding hydrogens is 314 g/mol. The van der Waals surface area contributed by atoms with Gasteiger partial charge in [0.25, 0.3) is 5.91 Å². The van der Waals surface area contributed by atoms with E-state index in [1.807, 2.05) is 24.3 Å². The van der Waals surface area contributed by atoms with Crippen molar-refractivity contribution in [1.29, 1.82) is 0 Å². The van der Waals surface area contributed by atoms with Crippen LogP contribution >= 0.6 is 11.3 Å². The Hall–Kier alpha value is -2.12. The van der Waals surface area contributed by atoms with Gasteiger partial charge in [0.15, 0.2) is 0 Å². The molecular formula is C16H21N3O3S. The van der Waals surface area contributed by atoms with Gasteiger partial charge in [-0.05, 0) is 30.8 Å². The Morgan fingerprint density at radius 3 is 2.65 bits per heavy atom. The van der Waals surface area contributed by atoms with E-state index in [2.05, 4.69) is 4.98 Å². The predicted octanol–water partition coefficient (Wildman–Crippen LogP) is 1.80. The number of amides is 1. The van der Waals surface area contributed by atoms with Gasteiger partial charge in [-0.25, -0.2) is 4.98 Å². The molecule has 2 rings (SSSR count). The average Bonchev–Trinajstić information content (AvgIpc) is 3.03. The Kier molecular flexibility index (Phi) is 6.37. The van der Waals surface area contributed by atoms with Crippen molar-refractivity contribution in [3.8, 4) is 11.5 Å². The topological polar surface area (TPSA) is 77.7 Å². The molecule has 7 heteroatoms. The number of nitrogens with zero attached hydrogens (tertiary/aromatic N) is 2. The first-order valence-electron chi connectivity index (χ1n) is 7.31. The summed E-state index contributed by atoms with van der Waals surface area (Å²) in [6.45, 7) is 1.43. The number of nitrogens with two attached hydrogens (primary N) is 1. The minimum atomic E-state index is -0.108. The first-order chi connectivity index (χ1) is 11.1. The number of ether oxygens (including phenoxy) is 2. The lowest BCUT2D eigenvalue weighted by Crippen LogP contribution is -2.31. The number of carbonyl (C=O) groups excluding carboxylic acids is 1. The van der Waals surface area contributed by atoms with Gasteiger partial charge in [-0.15, -0.1) is 11.3 Å². The Balaban J connectivity index is 1.80. The zero-order valence-electron chi connectivity index (χ0n) is 13.3. The van der Waals surface area contributed by atoms with Crippen LogP contribution in [-0.2, 0) is 6.42 Å². The fraction of sp³-hybridized carbons (Fsp3) is 0.375. The maximum Gasteiger partial charge on any atom is 0.273 e. The zero-order chi connectivity index (χ0) is 16.7. The Bertz CT molecular complexity index is 628. The molecule has 1 aromatic carbocycles. The van der Waals surface area contributed by atoms with Crippen LogP contribution in [0.2, 0.25) is 0 Å². The molecule has 124 valence electrons. The lowest BCUT2D eigenvalue weighted by molar-refractivity contribution is 0.0768. The third-order valence-electron chi connectivity index (χ3n) is 3.23. The van der Waals surface area contributed by atoms with Crippen LogP contribution in [0.3, 0.4) is 0 Å². The largest absolute Gasteiger partial charge is 0.497 e. The second-order valence-electron chi connectivity index (χ2n) is 4.92. The summed E-state index contributed by atoms with van der Waals surface area (Å²) in [6, 6.07) is 7.33. The Morgan fingerprint density at radius 2 is 2.00 bits per heavy atom. The van der Waals surface area contributed by atoms with Gasteiger partial charge in [-0.3, -0.25) is 4.79 Å². The molecule has 0 spiro atoms. The summed E-state index contributed by atoms with van der Waals surface area (Å²) in [5.41, 5.74) is 5.96. The fourth-order valence-corrected chi connectivity index (χ4v) is 2.70. The highest BCUT2D eigenvalue weighted by molar-refractivity contribution is 7.09. The summed E-state index contributed by atoms with van der Waals surface area (Å²) in [5.74, 6) is 1.41. The normalized spacial score (nSPS) is 10.4. The van der Waals surface area contributed by atoms with Crippen LogP contribution in [-0.4, -0.2) is 49.6 Å². The first kappa shape index (κ1) is 17.2. The molecule has 1 amide bonds. The van der Waals surface area contributed by atoms with Crippen molar-refractivity contribution in [3.05, 3.63) is 40.3 Å². The smallest absolute Gasteiger partial charge is 0.273 e. The van der Waals surface area contributed by atoms with Crippen molar-refractivity contribution >= 4 is 17.2 Å². The van der Waals surface area contributed by atoms with Gasteiger partial charge >= 0.3 is 0 Å². The lowest BCUT2D eigenvalue weighted by atomic mass is 10.3. The van der Waals surface area contributed by atoms with Crippen LogP contribution in [0.1, 0.15) is 15.5 Å². The molecule has 23 heavy (non-hydrogen) atoms. The number of likely N-dealkylation sites (N-methyl/N-ethyl adjacent to an activating group) is 1. The van der Waals surface area contributed by atoms with Crippen LogP contribution in [0.25, 0.3) is 0 Å². The van der Waals surface area contributed by atoms with E-state index >= 15 is 0 Å². The third-order valence-corrected chi connectivity index (χ3v) is 4.14. The van der Waals surface area contributed by atoms with Crippen LogP contribution in [0.4, 0.5) is 0 Å². The van der Waals surface area contributed by atoms with Crippen molar-refractivity contribution in [3.63, 3.8) is 0 Å². The zero-order valence-corrected chi connectivity index (χ0v) is 14.1. The predicted molar refractivity (Wildman–Crippen MR) is 90.3 cm³/mol. The molecule has 6 nitrogen and oxygen atoms in total. The summed E-state index contributed by atoms with van der Waals surface area (Å²) in [7, 11) is 3.36. The number of benzene rings is 1. The van der Waals surface area contributed by atoms with Crippen LogP contribution < -0.4 is 15.2 Å². The van der Waals surface area contributed by atoms with Crippen LogP contribution in [0.15, 0.2) is 29.6 Å². The number of thiazole rings is 1. The molecule has 1 aromatic heterocycles. The van der Waals surface area contributed by atoms with Crippen molar-refractivity contribution in [2.45, 2.75) is 6.42 Å². The van der Waals surface area contributed by atoms with Gasteiger partial charge < -0.3 is 20.1 Å². The molecule has 1 heterocycles. The third kappa shape index (κ3) is 4.94. The van der Waals surface area contributed by atoms with E-state index in [0.29, 0.717) is 31.8 Å². The van der Waals surface area contributed by atoms with Gasteiger partial charge in [0.1, 0.15) is 23.8 Å². The minimum absolute atomic E-state index is 0.108. The Morgan fingerprint density at radius 1 is 1.30 bits per heavy atom. The standard InChI is InChI=1S/C16H21N3O3S/c1-19(16(20)14-11-23-15(18-14)7-8-17)9-10-22-13-5-3-12(21-2)4-6-13/h3-6,11H,7-10,17H2,1-2H3. The first-order valence-corrected chi connectivity index (χ1v) is 8.18. The van der Waals surface area contributed by atoms with Crippen molar-refractivity contribution < 1.29 is 14.3 Å². The summed E-state index contributed by atoms with van der Waals surface area (Å²) in [5, 5.41) is 2.66. The molecule has 0 bridgehead atoms. The van der Waals surface area contributed by atoms with E-state index in [4.69, 9.17) is 15.2 Å². The molecule has 0 saturated carbocycles. The molecule has 2 N–H and O–H groups in total. The van der Waals surface area contributed by atoms with Gasteiger partial charge in [-0.2, -0.15) is 0 Å². The molecule has 2 aromatic rings. The Labute approximate surface area is 139 Å². The highest BCUT2D eigenvalue weighted by Gasteiger charge is 2.15. The summed E-state index contributed by atoms with van der Waals surface area (Å²) >= 11 is 1.46. The number of hydrogen-bond acceptors (Lipinski definition) is 6.